The molecule has 0 aliphatic carbocycles. The lowest BCUT2D eigenvalue weighted by atomic mass is 10.0. The number of aryl methyl sites for hydroxylation is 1. The number of rotatable bonds is 7. The summed E-state index contributed by atoms with van der Waals surface area (Å²) in [7, 11) is 1.51. The highest BCUT2D eigenvalue weighted by Crippen LogP contribution is 2.34. The molecule has 0 bridgehead atoms. The van der Waals surface area contributed by atoms with Crippen molar-refractivity contribution in [3.05, 3.63) is 45.9 Å². The first kappa shape index (κ1) is 24.0. The second-order valence-corrected chi connectivity index (χ2v) is 9.08. The highest BCUT2D eigenvalue weighted by molar-refractivity contribution is 7.17. The summed E-state index contributed by atoms with van der Waals surface area (Å²) in [6, 6.07) is 3.39. The molecule has 1 fully saturated rings. The van der Waals surface area contributed by atoms with Crippen molar-refractivity contribution in [3.8, 4) is 16.9 Å². The van der Waals surface area contributed by atoms with Gasteiger partial charge in [-0.15, -0.1) is 10.2 Å². The Bertz CT molecular complexity index is 1200. The van der Waals surface area contributed by atoms with Crippen LogP contribution in [0.15, 0.2) is 24.5 Å². The van der Waals surface area contributed by atoms with Crippen molar-refractivity contribution in [1.29, 1.82) is 0 Å². The molecule has 0 spiro atoms. The van der Waals surface area contributed by atoms with Crippen LogP contribution in [0.3, 0.4) is 0 Å². The average Bonchev–Trinajstić information content (AvgIpc) is 3.31. The number of hydrogen-bond acceptors (Lipinski definition) is 9. The fraction of sp³-hybridized carbons (Fsp3) is 0.364. The molecule has 4 rings (SSSR count). The summed E-state index contributed by atoms with van der Waals surface area (Å²) in [6.45, 7) is 3.79. The number of carbonyl (C=O) groups is 2. The number of carbonyl (C=O) groups excluding carboxylic acids is 2. The number of aromatic nitrogens is 4. The molecule has 1 aliphatic rings. The van der Waals surface area contributed by atoms with Crippen molar-refractivity contribution in [2.75, 3.05) is 32.2 Å². The second-order valence-electron chi connectivity index (χ2n) is 7.71. The van der Waals surface area contributed by atoms with E-state index >= 15 is 0 Å². The van der Waals surface area contributed by atoms with E-state index in [1.165, 1.54) is 19.5 Å². The molecule has 3 aromatic heterocycles. The van der Waals surface area contributed by atoms with Gasteiger partial charge in [-0.1, -0.05) is 22.9 Å². The van der Waals surface area contributed by atoms with Crippen LogP contribution in [0.2, 0.25) is 5.15 Å². The lowest BCUT2D eigenvalue weighted by Gasteiger charge is -2.21. The van der Waals surface area contributed by atoms with Gasteiger partial charge >= 0.3 is 0 Å². The zero-order valence-electron chi connectivity index (χ0n) is 18.6. The number of nitrogens with one attached hydrogen (secondary N) is 2. The topological polar surface area (TPSA) is 128 Å². The van der Waals surface area contributed by atoms with E-state index in [0.29, 0.717) is 48.2 Å². The number of ether oxygens (including phenoxy) is 2. The SMILES string of the molecule is COc1cnc(Cl)cc1-c1cc(C)ncc1C(=O)Nc1nnc(C(=O)NCC2CCOCC2)s1. The summed E-state index contributed by atoms with van der Waals surface area (Å²) >= 11 is 7.09. The molecule has 1 aliphatic heterocycles. The first-order valence-electron chi connectivity index (χ1n) is 10.6. The van der Waals surface area contributed by atoms with Gasteiger partial charge < -0.3 is 14.8 Å². The Morgan fingerprint density at radius 1 is 1.15 bits per heavy atom. The van der Waals surface area contributed by atoms with Crippen molar-refractivity contribution in [1.82, 2.24) is 25.5 Å². The van der Waals surface area contributed by atoms with Gasteiger partial charge in [0.15, 0.2) is 0 Å². The monoisotopic (exact) mass is 502 g/mol. The smallest absolute Gasteiger partial charge is 0.282 e. The Morgan fingerprint density at radius 2 is 1.94 bits per heavy atom. The van der Waals surface area contributed by atoms with E-state index in [0.717, 1.165) is 24.2 Å². The summed E-state index contributed by atoms with van der Waals surface area (Å²) in [4.78, 5) is 33.8. The number of pyridine rings is 2. The van der Waals surface area contributed by atoms with E-state index in [4.69, 9.17) is 21.1 Å². The lowest BCUT2D eigenvalue weighted by molar-refractivity contribution is 0.0642. The van der Waals surface area contributed by atoms with Crippen LogP contribution in [0.1, 0.15) is 38.7 Å². The molecule has 10 nitrogen and oxygen atoms in total. The molecule has 0 saturated carbocycles. The van der Waals surface area contributed by atoms with Crippen LogP contribution in [-0.2, 0) is 4.74 Å². The van der Waals surface area contributed by atoms with Crippen molar-refractivity contribution in [2.24, 2.45) is 5.92 Å². The van der Waals surface area contributed by atoms with Gasteiger partial charge in [-0.25, -0.2) is 4.98 Å². The quantitative estimate of drug-likeness (QED) is 0.470. The minimum Gasteiger partial charge on any atom is -0.494 e. The molecule has 0 atom stereocenters. The standard InChI is InChI=1S/C22H23ClN6O4S/c1-12-7-14(15-8-18(23)25-11-17(15)32-2)16(10-24-12)19(30)27-22-29-28-21(34-22)20(31)26-9-13-3-5-33-6-4-13/h7-8,10-11,13H,3-6,9H2,1-2H3,(H,26,31)(H,27,29,30). The maximum absolute atomic E-state index is 13.1. The van der Waals surface area contributed by atoms with E-state index in [1.807, 2.05) is 6.92 Å². The second kappa shape index (κ2) is 10.9. The third kappa shape index (κ3) is 5.66. The molecule has 0 unspecified atom stereocenters. The van der Waals surface area contributed by atoms with Crippen LogP contribution in [0.4, 0.5) is 5.13 Å². The van der Waals surface area contributed by atoms with Crippen molar-refractivity contribution in [3.63, 3.8) is 0 Å². The molecule has 0 radical (unpaired) electrons. The molecule has 178 valence electrons. The molecule has 2 amide bonds. The van der Waals surface area contributed by atoms with Crippen LogP contribution in [-0.4, -0.2) is 58.8 Å². The largest absolute Gasteiger partial charge is 0.494 e. The summed E-state index contributed by atoms with van der Waals surface area (Å²) in [6.07, 6.45) is 4.79. The van der Waals surface area contributed by atoms with E-state index in [1.54, 1.807) is 12.1 Å². The first-order chi connectivity index (χ1) is 16.4. The van der Waals surface area contributed by atoms with E-state index in [-0.39, 0.29) is 26.8 Å². The third-order valence-electron chi connectivity index (χ3n) is 5.36. The van der Waals surface area contributed by atoms with Crippen LogP contribution in [0.5, 0.6) is 5.75 Å². The van der Waals surface area contributed by atoms with Gasteiger partial charge in [0.25, 0.3) is 11.8 Å². The molecule has 3 aromatic rings. The molecule has 34 heavy (non-hydrogen) atoms. The van der Waals surface area contributed by atoms with E-state index in [2.05, 4.69) is 30.8 Å². The molecule has 0 aromatic carbocycles. The predicted molar refractivity (Wildman–Crippen MR) is 128 cm³/mol. The Kier molecular flexibility index (Phi) is 7.66. The average molecular weight is 503 g/mol. The van der Waals surface area contributed by atoms with Gasteiger partial charge in [0.05, 0.1) is 18.9 Å². The highest BCUT2D eigenvalue weighted by atomic mass is 35.5. The Hall–Kier alpha value is -3.15. The van der Waals surface area contributed by atoms with Crippen LogP contribution in [0.25, 0.3) is 11.1 Å². The van der Waals surface area contributed by atoms with Gasteiger partial charge in [0.1, 0.15) is 10.9 Å². The van der Waals surface area contributed by atoms with Gasteiger partial charge in [0, 0.05) is 42.8 Å². The maximum atomic E-state index is 13.1. The molecule has 4 heterocycles. The highest BCUT2D eigenvalue weighted by Gasteiger charge is 2.21. The molecular weight excluding hydrogens is 480 g/mol. The van der Waals surface area contributed by atoms with E-state index in [9.17, 15) is 9.59 Å². The number of amides is 2. The zero-order chi connectivity index (χ0) is 24.1. The number of anilines is 1. The van der Waals surface area contributed by atoms with Gasteiger partial charge in [-0.3, -0.25) is 19.9 Å². The Balaban J connectivity index is 1.49. The first-order valence-corrected chi connectivity index (χ1v) is 11.8. The lowest BCUT2D eigenvalue weighted by Crippen LogP contribution is -2.32. The number of halogens is 1. The van der Waals surface area contributed by atoms with Crippen molar-refractivity contribution < 1.29 is 19.1 Å². The van der Waals surface area contributed by atoms with E-state index < -0.39 is 5.91 Å². The van der Waals surface area contributed by atoms with Crippen LogP contribution >= 0.6 is 22.9 Å². The third-order valence-corrected chi connectivity index (χ3v) is 6.41. The van der Waals surface area contributed by atoms with Crippen LogP contribution < -0.4 is 15.4 Å². The molecule has 1 saturated heterocycles. The predicted octanol–water partition coefficient (Wildman–Crippen LogP) is 3.37. The summed E-state index contributed by atoms with van der Waals surface area (Å²) < 4.78 is 10.7. The van der Waals surface area contributed by atoms with Crippen LogP contribution in [0, 0.1) is 12.8 Å². The fourth-order valence-corrected chi connectivity index (χ4v) is 4.36. The molecular formula is C22H23ClN6O4S. The van der Waals surface area contributed by atoms with Gasteiger partial charge in [-0.05, 0) is 37.8 Å². The van der Waals surface area contributed by atoms with Gasteiger partial charge in [0.2, 0.25) is 10.1 Å². The molecule has 12 heteroatoms. The maximum Gasteiger partial charge on any atom is 0.282 e. The minimum absolute atomic E-state index is 0.173. The normalized spacial score (nSPS) is 14.0. The Labute approximate surface area is 205 Å². The fourth-order valence-electron chi connectivity index (χ4n) is 3.55. The Morgan fingerprint density at radius 3 is 2.71 bits per heavy atom. The number of hydrogen-bond donors (Lipinski definition) is 2. The number of methoxy groups -OCH3 is 1. The number of nitrogens with zero attached hydrogens (tertiary/aromatic N) is 4. The summed E-state index contributed by atoms with van der Waals surface area (Å²) in [5.41, 5.74) is 2.17. The van der Waals surface area contributed by atoms with Crippen molar-refractivity contribution in [2.45, 2.75) is 19.8 Å². The van der Waals surface area contributed by atoms with Crippen molar-refractivity contribution >= 4 is 39.9 Å². The zero-order valence-corrected chi connectivity index (χ0v) is 20.2. The molecule has 2 N–H and O–H groups in total. The minimum atomic E-state index is -0.456. The summed E-state index contributed by atoms with van der Waals surface area (Å²) in [5, 5.41) is 14.1. The summed E-state index contributed by atoms with van der Waals surface area (Å²) in [5.74, 6) is 0.0699. The van der Waals surface area contributed by atoms with Gasteiger partial charge in [-0.2, -0.15) is 0 Å².